The first-order valence-electron chi connectivity index (χ1n) is 9.30. The number of rotatable bonds is 14. The molecule has 0 fully saturated rings. The van der Waals surface area contributed by atoms with Crippen molar-refractivity contribution in [1.82, 2.24) is 0 Å². The highest BCUT2D eigenvalue weighted by atomic mass is 28.4. The highest BCUT2D eigenvalue weighted by molar-refractivity contribution is 6.88. The van der Waals surface area contributed by atoms with Gasteiger partial charge in [-0.15, -0.1) is 0 Å². The van der Waals surface area contributed by atoms with E-state index in [0.717, 1.165) is 12.1 Å². The second-order valence-corrected chi connectivity index (χ2v) is 13.2. The van der Waals surface area contributed by atoms with Crippen LogP contribution in [0.3, 0.4) is 0 Å². The van der Waals surface area contributed by atoms with Crippen LogP contribution in [0.1, 0.15) is 48.5 Å². The van der Waals surface area contributed by atoms with Crippen LogP contribution in [0.4, 0.5) is 0 Å². The predicted molar refractivity (Wildman–Crippen MR) is 107 cm³/mol. The van der Waals surface area contributed by atoms with Gasteiger partial charge in [-0.1, -0.05) is 31.2 Å². The lowest BCUT2D eigenvalue weighted by atomic mass is 10.6. The fraction of sp³-hybridized carbons (Fsp3) is 0.778. The maximum atomic E-state index is 6.33. The van der Waals surface area contributed by atoms with Crippen LogP contribution in [0.15, 0.2) is 24.3 Å². The summed E-state index contributed by atoms with van der Waals surface area (Å²) in [6.45, 7) is 17.1. The van der Waals surface area contributed by atoms with Crippen LogP contribution in [0, 0.1) is 0 Å². The van der Waals surface area contributed by atoms with Crippen LogP contribution in [0.25, 0.3) is 0 Å². The van der Waals surface area contributed by atoms with Gasteiger partial charge in [-0.25, -0.2) is 0 Å². The molecule has 0 bridgehead atoms. The monoisotopic (exact) mass is 374 g/mol. The molecule has 0 atom stereocenters. The molecule has 0 aliphatic heterocycles. The fourth-order valence-electron chi connectivity index (χ4n) is 3.05. The van der Waals surface area contributed by atoms with Gasteiger partial charge in [0.1, 0.15) is 0 Å². The highest BCUT2D eigenvalue weighted by Crippen LogP contribution is 2.40. The Morgan fingerprint density at radius 3 is 1.17 bits per heavy atom. The lowest BCUT2D eigenvalue weighted by Gasteiger charge is -2.43. The normalized spacial score (nSPS) is 14.8. The van der Waals surface area contributed by atoms with E-state index in [1.165, 1.54) is 0 Å². The lowest BCUT2D eigenvalue weighted by Crippen LogP contribution is -2.59. The summed E-state index contributed by atoms with van der Waals surface area (Å²) in [5.74, 6) is 0. The Kier molecular flexibility index (Phi) is 12.9. The molecule has 6 heteroatoms. The molecular formula is C18H38O4Si2. The summed E-state index contributed by atoms with van der Waals surface area (Å²) in [5.41, 5.74) is 0. The van der Waals surface area contributed by atoms with E-state index in [-0.39, 0.29) is 5.16 Å². The molecule has 0 unspecified atom stereocenters. The van der Waals surface area contributed by atoms with Crippen molar-refractivity contribution < 1.29 is 17.7 Å². The van der Waals surface area contributed by atoms with Gasteiger partial charge >= 0.3 is 17.1 Å². The Bertz CT molecular complexity index is 326. The third-order valence-electron chi connectivity index (χ3n) is 4.15. The van der Waals surface area contributed by atoms with Crippen molar-refractivity contribution in [1.29, 1.82) is 0 Å². The van der Waals surface area contributed by atoms with Gasteiger partial charge in [-0.3, -0.25) is 0 Å². The first-order valence-corrected chi connectivity index (χ1v) is 13.5. The Labute approximate surface area is 151 Å². The number of hydrogen-bond donors (Lipinski definition) is 0. The molecule has 0 N–H and O–H groups in total. The minimum absolute atomic E-state index is 0.164. The van der Waals surface area contributed by atoms with E-state index < -0.39 is 17.1 Å². The SMILES string of the molecule is CC=CC[Si](OCC)(OCC)C(C)[Si](CC=CC)(OCC)OCC. The van der Waals surface area contributed by atoms with Gasteiger partial charge < -0.3 is 17.7 Å². The molecule has 0 spiro atoms. The van der Waals surface area contributed by atoms with Gasteiger partial charge in [0.2, 0.25) is 0 Å². The Morgan fingerprint density at radius 1 is 0.667 bits per heavy atom. The van der Waals surface area contributed by atoms with Crippen LogP contribution >= 0.6 is 0 Å². The van der Waals surface area contributed by atoms with E-state index in [9.17, 15) is 0 Å². The van der Waals surface area contributed by atoms with E-state index >= 15 is 0 Å². The van der Waals surface area contributed by atoms with Crippen molar-refractivity contribution in [2.75, 3.05) is 26.4 Å². The molecule has 0 rings (SSSR count). The molecule has 0 aromatic carbocycles. The van der Waals surface area contributed by atoms with Gasteiger partial charge in [-0.2, -0.15) is 0 Å². The van der Waals surface area contributed by atoms with Gasteiger partial charge in [-0.05, 0) is 41.5 Å². The molecular weight excluding hydrogens is 336 g/mol. The van der Waals surface area contributed by atoms with Crippen molar-refractivity contribution in [3.05, 3.63) is 24.3 Å². The largest absolute Gasteiger partial charge is 0.394 e. The van der Waals surface area contributed by atoms with Gasteiger partial charge in [0.05, 0.1) is 0 Å². The van der Waals surface area contributed by atoms with Gasteiger partial charge in [0, 0.05) is 43.7 Å². The Balaban J connectivity index is 5.92. The van der Waals surface area contributed by atoms with E-state index in [0.29, 0.717) is 26.4 Å². The molecule has 0 aromatic rings. The molecule has 0 radical (unpaired) electrons. The fourth-order valence-corrected chi connectivity index (χ4v) is 12.9. The van der Waals surface area contributed by atoms with Crippen LogP contribution in [0.5, 0.6) is 0 Å². The second kappa shape index (κ2) is 13.0. The molecule has 0 aliphatic rings. The molecule has 0 aliphatic carbocycles. The van der Waals surface area contributed by atoms with Gasteiger partial charge in [0.25, 0.3) is 0 Å². The zero-order valence-electron chi connectivity index (χ0n) is 16.8. The van der Waals surface area contributed by atoms with E-state index in [1.807, 2.05) is 41.5 Å². The van der Waals surface area contributed by atoms with Crippen molar-refractivity contribution in [2.24, 2.45) is 0 Å². The smallest absolute Gasteiger partial charge is 0.346 e. The third kappa shape index (κ3) is 6.57. The summed E-state index contributed by atoms with van der Waals surface area (Å²) in [7, 11) is -4.98. The first-order chi connectivity index (χ1) is 11.5. The summed E-state index contributed by atoms with van der Waals surface area (Å²) in [6, 6.07) is 1.66. The molecule has 0 aromatic heterocycles. The molecule has 142 valence electrons. The Hall–Kier alpha value is -0.246. The zero-order valence-corrected chi connectivity index (χ0v) is 18.8. The van der Waals surface area contributed by atoms with Crippen LogP contribution in [0.2, 0.25) is 17.3 Å². The van der Waals surface area contributed by atoms with Crippen LogP contribution in [-0.2, 0) is 17.7 Å². The summed E-state index contributed by atoms with van der Waals surface area (Å²) in [5, 5.41) is 0.164. The van der Waals surface area contributed by atoms with Crippen molar-refractivity contribution in [3.63, 3.8) is 0 Å². The molecule has 0 saturated carbocycles. The minimum atomic E-state index is -2.49. The maximum Gasteiger partial charge on any atom is 0.346 e. The topological polar surface area (TPSA) is 36.9 Å². The van der Waals surface area contributed by atoms with E-state index in [1.54, 1.807) is 0 Å². The third-order valence-corrected chi connectivity index (χ3v) is 14.1. The average molecular weight is 375 g/mol. The molecule has 0 amide bonds. The number of allylic oxidation sites excluding steroid dienone is 4. The quantitative estimate of drug-likeness (QED) is 0.313. The molecule has 0 saturated heterocycles. The summed E-state index contributed by atoms with van der Waals surface area (Å²) < 4.78 is 25.3. The van der Waals surface area contributed by atoms with Crippen LogP contribution in [-0.4, -0.2) is 43.5 Å². The molecule has 4 nitrogen and oxygen atoms in total. The standard InChI is InChI=1S/C18H38O4Si2/c1-8-14-16-23(19-10-3,20-11-4)18(7)24(21-12-5,22-13-6)17-15-9-2/h8-9,14-15,18H,10-13,16-17H2,1-7H3. The summed E-state index contributed by atoms with van der Waals surface area (Å²) in [6.07, 6.45) is 8.48. The predicted octanol–water partition coefficient (Wildman–Crippen LogP) is 5.10. The Morgan fingerprint density at radius 2 is 0.958 bits per heavy atom. The molecule has 24 heavy (non-hydrogen) atoms. The van der Waals surface area contributed by atoms with E-state index in [4.69, 9.17) is 17.7 Å². The van der Waals surface area contributed by atoms with Crippen molar-refractivity contribution in [2.45, 2.75) is 65.7 Å². The zero-order chi connectivity index (χ0) is 18.5. The highest BCUT2D eigenvalue weighted by Gasteiger charge is 2.57. The summed E-state index contributed by atoms with van der Waals surface area (Å²) >= 11 is 0. The average Bonchev–Trinajstić information content (AvgIpc) is 2.57. The van der Waals surface area contributed by atoms with E-state index in [2.05, 4.69) is 31.2 Å². The minimum Gasteiger partial charge on any atom is -0.394 e. The van der Waals surface area contributed by atoms with Crippen molar-refractivity contribution in [3.8, 4) is 0 Å². The van der Waals surface area contributed by atoms with Gasteiger partial charge in [0.15, 0.2) is 0 Å². The first kappa shape index (κ1) is 23.8. The lowest BCUT2D eigenvalue weighted by molar-refractivity contribution is 0.152. The maximum absolute atomic E-state index is 6.33. The number of hydrogen-bond acceptors (Lipinski definition) is 4. The second-order valence-electron chi connectivity index (χ2n) is 5.62. The van der Waals surface area contributed by atoms with Crippen molar-refractivity contribution >= 4 is 17.1 Å². The van der Waals surface area contributed by atoms with Crippen LogP contribution < -0.4 is 0 Å². The molecule has 0 heterocycles. The summed E-state index contributed by atoms with van der Waals surface area (Å²) in [4.78, 5) is 0.